The molecule has 0 aromatic heterocycles. The molecule has 19 heavy (non-hydrogen) atoms. The molecule has 112 valence electrons. The number of hydrogen-bond donors (Lipinski definition) is 1. The molecule has 2 aliphatic rings. The van der Waals surface area contributed by atoms with Crippen LogP contribution in [0.15, 0.2) is 0 Å². The molecule has 1 N–H and O–H groups in total. The van der Waals surface area contributed by atoms with Gasteiger partial charge >= 0.3 is 0 Å². The van der Waals surface area contributed by atoms with E-state index in [0.29, 0.717) is 39.3 Å². The average Bonchev–Trinajstić information content (AvgIpc) is 2.40. The molecule has 2 heterocycles. The van der Waals surface area contributed by atoms with Gasteiger partial charge in [0, 0.05) is 45.3 Å². The first-order chi connectivity index (χ1) is 9.05. The average molecular weight is 291 g/mol. The second-order valence-electron chi connectivity index (χ2n) is 5.43. The normalized spacial score (nSPS) is 28.6. The van der Waals surface area contributed by atoms with E-state index in [1.165, 1.54) is 0 Å². The van der Waals surface area contributed by atoms with Crippen LogP contribution in [0, 0.1) is 0 Å². The van der Waals surface area contributed by atoms with Gasteiger partial charge in [0.2, 0.25) is 0 Å². The molecule has 0 saturated carbocycles. The summed E-state index contributed by atoms with van der Waals surface area (Å²) in [7, 11) is -3.30. The predicted molar refractivity (Wildman–Crippen MR) is 74.0 cm³/mol. The zero-order valence-corrected chi connectivity index (χ0v) is 12.5. The lowest BCUT2D eigenvalue weighted by molar-refractivity contribution is 0.144. The third-order valence-electron chi connectivity index (χ3n) is 4.11. The Morgan fingerprint density at radius 1 is 1.11 bits per heavy atom. The molecule has 1 atom stereocenters. The van der Waals surface area contributed by atoms with Crippen LogP contribution in [0.1, 0.15) is 26.2 Å². The third-order valence-corrected chi connectivity index (χ3v) is 6.27. The fraction of sp³-hybridized carbons (Fsp3) is 1.00. The van der Waals surface area contributed by atoms with Crippen LogP contribution < -0.4 is 0 Å². The van der Waals surface area contributed by atoms with E-state index in [0.717, 1.165) is 19.3 Å². The molecule has 2 aliphatic heterocycles. The quantitative estimate of drug-likeness (QED) is 0.773. The van der Waals surface area contributed by atoms with Crippen molar-refractivity contribution in [2.75, 3.05) is 45.9 Å². The van der Waals surface area contributed by atoms with Crippen LogP contribution in [0.3, 0.4) is 0 Å². The van der Waals surface area contributed by atoms with E-state index in [4.69, 9.17) is 5.11 Å². The smallest absolute Gasteiger partial charge is 0.282 e. The van der Waals surface area contributed by atoms with Crippen molar-refractivity contribution in [3.05, 3.63) is 0 Å². The van der Waals surface area contributed by atoms with Crippen molar-refractivity contribution >= 4 is 10.2 Å². The molecule has 0 spiro atoms. The highest BCUT2D eigenvalue weighted by Crippen LogP contribution is 2.22. The Morgan fingerprint density at radius 2 is 1.79 bits per heavy atom. The molecular formula is C12H25N3O3S. The van der Waals surface area contributed by atoms with Gasteiger partial charge in [0.25, 0.3) is 10.2 Å². The molecule has 2 saturated heterocycles. The molecule has 0 bridgehead atoms. The summed E-state index contributed by atoms with van der Waals surface area (Å²) in [6, 6.07) is 0.120. The number of rotatable bonds is 4. The van der Waals surface area contributed by atoms with Crippen LogP contribution in [-0.2, 0) is 10.2 Å². The van der Waals surface area contributed by atoms with E-state index in [1.807, 2.05) is 6.92 Å². The summed E-state index contributed by atoms with van der Waals surface area (Å²) in [5.74, 6) is 0. The Morgan fingerprint density at radius 3 is 2.37 bits per heavy atom. The molecule has 0 aliphatic carbocycles. The SMILES string of the molecule is CC1CCCCN1S(=O)(=O)N1CCN(CCO)CC1. The Labute approximate surface area is 116 Å². The van der Waals surface area contributed by atoms with Crippen molar-refractivity contribution in [3.63, 3.8) is 0 Å². The highest BCUT2D eigenvalue weighted by molar-refractivity contribution is 7.86. The summed E-state index contributed by atoms with van der Waals surface area (Å²) in [6.45, 7) is 5.91. The van der Waals surface area contributed by atoms with Crippen molar-refractivity contribution in [3.8, 4) is 0 Å². The number of aliphatic hydroxyl groups excluding tert-OH is 1. The van der Waals surface area contributed by atoms with E-state index in [9.17, 15) is 8.42 Å². The number of β-amino-alcohol motifs (C(OH)–C–C–N with tert-alkyl or cyclic N) is 1. The van der Waals surface area contributed by atoms with E-state index in [1.54, 1.807) is 8.61 Å². The first-order valence-electron chi connectivity index (χ1n) is 7.16. The summed E-state index contributed by atoms with van der Waals surface area (Å²) < 4.78 is 28.5. The van der Waals surface area contributed by atoms with Crippen molar-refractivity contribution in [2.45, 2.75) is 32.2 Å². The van der Waals surface area contributed by atoms with Crippen molar-refractivity contribution in [1.29, 1.82) is 0 Å². The van der Waals surface area contributed by atoms with Gasteiger partial charge < -0.3 is 5.11 Å². The van der Waals surface area contributed by atoms with Crippen molar-refractivity contribution < 1.29 is 13.5 Å². The van der Waals surface area contributed by atoms with E-state index >= 15 is 0 Å². The van der Waals surface area contributed by atoms with Crippen LogP contribution in [-0.4, -0.2) is 79.0 Å². The molecule has 7 heteroatoms. The van der Waals surface area contributed by atoms with E-state index in [2.05, 4.69) is 4.90 Å². The van der Waals surface area contributed by atoms with Crippen LogP contribution in [0.5, 0.6) is 0 Å². The van der Waals surface area contributed by atoms with Gasteiger partial charge in [-0.1, -0.05) is 6.42 Å². The van der Waals surface area contributed by atoms with Crippen molar-refractivity contribution in [2.24, 2.45) is 0 Å². The second-order valence-corrected chi connectivity index (χ2v) is 7.31. The van der Waals surface area contributed by atoms with Crippen molar-refractivity contribution in [1.82, 2.24) is 13.5 Å². The fourth-order valence-corrected chi connectivity index (χ4v) is 4.73. The van der Waals surface area contributed by atoms with Gasteiger partial charge in [-0.25, -0.2) is 0 Å². The Kier molecular flexibility index (Phi) is 5.19. The van der Waals surface area contributed by atoms with E-state index < -0.39 is 10.2 Å². The topological polar surface area (TPSA) is 64.1 Å². The summed E-state index contributed by atoms with van der Waals surface area (Å²) in [4.78, 5) is 2.10. The molecular weight excluding hydrogens is 266 g/mol. The van der Waals surface area contributed by atoms with Gasteiger partial charge in [-0.05, 0) is 19.8 Å². The van der Waals surface area contributed by atoms with Gasteiger partial charge in [-0.15, -0.1) is 0 Å². The zero-order chi connectivity index (χ0) is 13.9. The number of aliphatic hydroxyl groups is 1. The lowest BCUT2D eigenvalue weighted by atomic mass is 10.1. The lowest BCUT2D eigenvalue weighted by Crippen LogP contribution is -2.55. The van der Waals surface area contributed by atoms with Gasteiger partial charge in [0.05, 0.1) is 6.61 Å². The lowest BCUT2D eigenvalue weighted by Gasteiger charge is -2.39. The number of piperidine rings is 1. The second kappa shape index (κ2) is 6.49. The van der Waals surface area contributed by atoms with Crippen LogP contribution in [0.25, 0.3) is 0 Å². The minimum Gasteiger partial charge on any atom is -0.395 e. The molecule has 0 aromatic carbocycles. The highest BCUT2D eigenvalue weighted by Gasteiger charge is 2.35. The first-order valence-corrected chi connectivity index (χ1v) is 8.55. The highest BCUT2D eigenvalue weighted by atomic mass is 32.2. The third kappa shape index (κ3) is 3.46. The minimum atomic E-state index is -3.30. The van der Waals surface area contributed by atoms with Gasteiger partial charge in [-0.3, -0.25) is 4.90 Å². The Hall–Kier alpha value is -0.210. The molecule has 0 radical (unpaired) electrons. The Balaban J connectivity index is 1.97. The predicted octanol–water partition coefficient (Wildman–Crippen LogP) is -0.284. The van der Waals surface area contributed by atoms with Gasteiger partial charge in [0.15, 0.2) is 0 Å². The summed E-state index contributed by atoms with van der Waals surface area (Å²) in [5.41, 5.74) is 0. The van der Waals surface area contributed by atoms with Crippen LogP contribution >= 0.6 is 0 Å². The number of nitrogens with zero attached hydrogens (tertiary/aromatic N) is 3. The summed E-state index contributed by atoms with van der Waals surface area (Å²) in [5, 5.41) is 8.90. The van der Waals surface area contributed by atoms with Crippen LogP contribution in [0.4, 0.5) is 0 Å². The standard InChI is InChI=1S/C12H25N3O3S/c1-12-4-2-3-5-15(12)19(17,18)14-8-6-13(7-9-14)10-11-16/h12,16H,2-11H2,1H3. The number of hydrogen-bond acceptors (Lipinski definition) is 4. The molecule has 6 nitrogen and oxygen atoms in total. The molecule has 1 unspecified atom stereocenters. The zero-order valence-electron chi connectivity index (χ0n) is 11.7. The monoisotopic (exact) mass is 291 g/mol. The largest absolute Gasteiger partial charge is 0.395 e. The van der Waals surface area contributed by atoms with Crippen LogP contribution in [0.2, 0.25) is 0 Å². The molecule has 2 rings (SSSR count). The maximum atomic E-state index is 12.6. The fourth-order valence-electron chi connectivity index (χ4n) is 2.89. The first kappa shape index (κ1) is 15.2. The molecule has 0 amide bonds. The number of piperazine rings is 1. The Bertz CT molecular complexity index is 380. The summed E-state index contributed by atoms with van der Waals surface area (Å²) >= 11 is 0. The van der Waals surface area contributed by atoms with Gasteiger partial charge in [0.1, 0.15) is 0 Å². The minimum absolute atomic E-state index is 0.120. The van der Waals surface area contributed by atoms with E-state index in [-0.39, 0.29) is 12.6 Å². The maximum absolute atomic E-state index is 12.6. The molecule has 2 fully saturated rings. The maximum Gasteiger partial charge on any atom is 0.282 e. The summed E-state index contributed by atoms with van der Waals surface area (Å²) in [6.07, 6.45) is 3.05. The van der Waals surface area contributed by atoms with Gasteiger partial charge in [-0.2, -0.15) is 17.0 Å². The molecule has 0 aromatic rings.